The normalized spacial score (nSPS) is 21.0. The van der Waals surface area contributed by atoms with Crippen molar-refractivity contribution >= 4 is 29.7 Å². The molecule has 1 fully saturated rings. The Hall–Kier alpha value is -1.37. The van der Waals surface area contributed by atoms with E-state index < -0.39 is 0 Å². The van der Waals surface area contributed by atoms with Crippen LogP contribution in [0.3, 0.4) is 0 Å². The molecule has 0 saturated carbocycles. The minimum atomic E-state index is -0.00997. The van der Waals surface area contributed by atoms with Crippen molar-refractivity contribution in [3.8, 4) is 10.8 Å². The molecule has 0 bridgehead atoms. The molecule has 0 spiro atoms. The summed E-state index contributed by atoms with van der Waals surface area (Å²) in [7, 11) is 0. The van der Waals surface area contributed by atoms with Crippen LogP contribution in [0, 0.1) is 12.8 Å². The number of halogens is 1. The maximum absolute atomic E-state index is 12.6. The Labute approximate surface area is 139 Å². The number of likely N-dealkylation sites (tertiary alicyclic amines) is 1. The summed E-state index contributed by atoms with van der Waals surface area (Å²) in [6, 6.07) is 4.00. The topological polar surface area (TPSA) is 72.4 Å². The fourth-order valence-corrected chi connectivity index (χ4v) is 3.53. The van der Waals surface area contributed by atoms with Gasteiger partial charge in [-0.3, -0.25) is 4.79 Å². The summed E-state index contributed by atoms with van der Waals surface area (Å²) in [4.78, 5) is 18.9. The van der Waals surface area contributed by atoms with Crippen molar-refractivity contribution in [2.45, 2.75) is 26.3 Å². The van der Waals surface area contributed by atoms with E-state index in [1.165, 1.54) is 11.3 Å². The summed E-state index contributed by atoms with van der Waals surface area (Å²) in [5.41, 5.74) is 6.21. The first-order valence-electron chi connectivity index (χ1n) is 7.12. The number of furan rings is 1. The second-order valence-corrected chi connectivity index (χ2v) is 6.45. The molecule has 3 rings (SSSR count). The highest BCUT2D eigenvalue weighted by atomic mass is 35.5. The maximum Gasteiger partial charge on any atom is 0.273 e. The van der Waals surface area contributed by atoms with Crippen molar-refractivity contribution in [1.29, 1.82) is 0 Å². The number of hydrogen-bond acceptors (Lipinski definition) is 5. The number of nitrogens with two attached hydrogens (primary N) is 1. The second kappa shape index (κ2) is 6.81. The van der Waals surface area contributed by atoms with Crippen molar-refractivity contribution in [2.75, 3.05) is 13.1 Å². The van der Waals surface area contributed by atoms with E-state index in [1.54, 1.807) is 5.38 Å². The number of hydrogen-bond donors (Lipinski definition) is 1. The molecule has 0 aromatic carbocycles. The number of aryl methyl sites for hydroxylation is 1. The highest BCUT2D eigenvalue weighted by Crippen LogP contribution is 2.28. The van der Waals surface area contributed by atoms with E-state index in [9.17, 15) is 4.79 Å². The Morgan fingerprint density at radius 1 is 1.55 bits per heavy atom. The van der Waals surface area contributed by atoms with Gasteiger partial charge < -0.3 is 15.1 Å². The lowest BCUT2D eigenvalue weighted by molar-refractivity contribution is 0.0738. The van der Waals surface area contributed by atoms with Crippen LogP contribution in [-0.2, 0) is 0 Å². The van der Waals surface area contributed by atoms with Gasteiger partial charge in [-0.15, -0.1) is 23.7 Å². The molecule has 120 valence electrons. The average Bonchev–Trinajstić information content (AvgIpc) is 3.16. The van der Waals surface area contributed by atoms with E-state index in [0.717, 1.165) is 23.7 Å². The SMILES string of the molecule is Cc1ccc(-c2nc(C(=O)N3CC(CN)CC3C)cs2)o1.Cl. The Morgan fingerprint density at radius 3 is 2.91 bits per heavy atom. The highest BCUT2D eigenvalue weighted by molar-refractivity contribution is 7.13. The number of amides is 1. The fourth-order valence-electron chi connectivity index (χ4n) is 2.78. The van der Waals surface area contributed by atoms with E-state index in [2.05, 4.69) is 11.9 Å². The van der Waals surface area contributed by atoms with Gasteiger partial charge in [-0.1, -0.05) is 0 Å². The minimum absolute atomic E-state index is 0. The largest absolute Gasteiger partial charge is 0.459 e. The standard InChI is InChI=1S/C15H19N3O2S.ClH/c1-9-5-11(6-16)7-18(9)15(19)12-8-21-14(17-12)13-4-3-10(2)20-13;/h3-4,8-9,11H,5-7,16H2,1-2H3;1H. The van der Waals surface area contributed by atoms with Crippen molar-refractivity contribution in [1.82, 2.24) is 9.88 Å². The highest BCUT2D eigenvalue weighted by Gasteiger charge is 2.33. The summed E-state index contributed by atoms with van der Waals surface area (Å²) >= 11 is 1.43. The summed E-state index contributed by atoms with van der Waals surface area (Å²) in [6.07, 6.45) is 0.969. The van der Waals surface area contributed by atoms with Crippen molar-refractivity contribution in [3.63, 3.8) is 0 Å². The lowest BCUT2D eigenvalue weighted by Gasteiger charge is -2.20. The van der Waals surface area contributed by atoms with Crippen molar-refractivity contribution in [3.05, 3.63) is 29.0 Å². The Kier molecular flexibility index (Phi) is 5.26. The van der Waals surface area contributed by atoms with Gasteiger partial charge in [0.15, 0.2) is 10.8 Å². The van der Waals surface area contributed by atoms with Crippen LogP contribution in [0.5, 0.6) is 0 Å². The molecule has 2 aromatic heterocycles. The molecule has 1 aliphatic rings. The Bertz CT molecular complexity index is 655. The van der Waals surface area contributed by atoms with Gasteiger partial charge >= 0.3 is 0 Å². The van der Waals surface area contributed by atoms with Crippen LogP contribution in [0.4, 0.5) is 0 Å². The molecule has 0 aliphatic carbocycles. The zero-order valence-corrected chi connectivity index (χ0v) is 14.2. The van der Waals surface area contributed by atoms with Gasteiger partial charge in [-0.05, 0) is 44.9 Å². The van der Waals surface area contributed by atoms with Gasteiger partial charge in [0.1, 0.15) is 11.5 Å². The van der Waals surface area contributed by atoms with Gasteiger partial charge in [-0.2, -0.15) is 0 Å². The third-order valence-corrected chi connectivity index (χ3v) is 4.79. The van der Waals surface area contributed by atoms with Crippen LogP contribution < -0.4 is 5.73 Å². The van der Waals surface area contributed by atoms with Gasteiger partial charge in [0.2, 0.25) is 0 Å². The zero-order chi connectivity index (χ0) is 15.0. The third kappa shape index (κ3) is 3.19. The number of carbonyl (C=O) groups excluding carboxylic acids is 1. The fraction of sp³-hybridized carbons (Fsp3) is 0.467. The molecular weight excluding hydrogens is 322 g/mol. The molecule has 1 aliphatic heterocycles. The van der Waals surface area contributed by atoms with Crippen molar-refractivity contribution in [2.24, 2.45) is 11.7 Å². The van der Waals surface area contributed by atoms with E-state index in [0.29, 0.717) is 23.9 Å². The predicted molar refractivity (Wildman–Crippen MR) is 89.5 cm³/mol. The van der Waals surface area contributed by atoms with Crippen LogP contribution in [0.1, 0.15) is 29.6 Å². The van der Waals surface area contributed by atoms with Crippen molar-refractivity contribution < 1.29 is 9.21 Å². The Morgan fingerprint density at radius 2 is 2.32 bits per heavy atom. The molecule has 7 heteroatoms. The van der Waals surface area contributed by atoms with Crippen LogP contribution in [0.2, 0.25) is 0 Å². The van der Waals surface area contributed by atoms with Gasteiger partial charge in [0, 0.05) is 18.0 Å². The van der Waals surface area contributed by atoms with E-state index in [4.69, 9.17) is 10.2 Å². The lowest BCUT2D eigenvalue weighted by Crippen LogP contribution is -2.34. The van der Waals surface area contributed by atoms with Crippen LogP contribution >= 0.6 is 23.7 Å². The first-order valence-corrected chi connectivity index (χ1v) is 8.00. The second-order valence-electron chi connectivity index (χ2n) is 5.59. The summed E-state index contributed by atoms with van der Waals surface area (Å²) in [5.74, 6) is 1.94. The van der Waals surface area contributed by atoms with Gasteiger partial charge in [0.25, 0.3) is 5.91 Å². The molecule has 2 unspecified atom stereocenters. The minimum Gasteiger partial charge on any atom is -0.459 e. The molecule has 1 saturated heterocycles. The summed E-state index contributed by atoms with van der Waals surface area (Å²) in [5, 5.41) is 2.55. The average molecular weight is 342 g/mol. The quantitative estimate of drug-likeness (QED) is 0.931. The van der Waals surface area contributed by atoms with E-state index in [-0.39, 0.29) is 24.4 Å². The van der Waals surface area contributed by atoms with Gasteiger partial charge in [-0.25, -0.2) is 4.98 Å². The molecule has 22 heavy (non-hydrogen) atoms. The molecule has 2 atom stereocenters. The molecule has 2 aromatic rings. The number of nitrogens with zero attached hydrogens (tertiary/aromatic N) is 2. The summed E-state index contributed by atoms with van der Waals surface area (Å²) < 4.78 is 5.55. The number of carbonyl (C=O) groups is 1. The molecular formula is C15H20ClN3O2S. The van der Waals surface area contributed by atoms with Crippen LogP contribution in [0.15, 0.2) is 21.9 Å². The van der Waals surface area contributed by atoms with Gasteiger partial charge in [0.05, 0.1) is 0 Å². The number of thiazole rings is 1. The van der Waals surface area contributed by atoms with Crippen LogP contribution in [0.25, 0.3) is 10.8 Å². The molecule has 2 N–H and O–H groups in total. The third-order valence-electron chi connectivity index (χ3n) is 3.93. The first-order chi connectivity index (χ1) is 10.1. The van der Waals surface area contributed by atoms with E-state index in [1.807, 2.05) is 24.0 Å². The molecule has 0 radical (unpaired) electrons. The lowest BCUT2D eigenvalue weighted by atomic mass is 10.1. The number of rotatable bonds is 3. The monoisotopic (exact) mass is 341 g/mol. The molecule has 1 amide bonds. The first kappa shape index (κ1) is 17.0. The Balaban J connectivity index is 0.00000176. The number of aromatic nitrogens is 1. The van der Waals surface area contributed by atoms with Crippen LogP contribution in [-0.4, -0.2) is 34.9 Å². The smallest absolute Gasteiger partial charge is 0.273 e. The molecule has 3 heterocycles. The van der Waals surface area contributed by atoms with E-state index >= 15 is 0 Å². The predicted octanol–water partition coefficient (Wildman–Crippen LogP) is 2.94. The zero-order valence-electron chi connectivity index (χ0n) is 12.6. The maximum atomic E-state index is 12.6. The summed E-state index contributed by atoms with van der Waals surface area (Å²) in [6.45, 7) is 5.31. The molecule has 5 nitrogen and oxygen atoms in total.